The van der Waals surface area contributed by atoms with E-state index in [2.05, 4.69) is 4.72 Å². The summed E-state index contributed by atoms with van der Waals surface area (Å²) in [6.45, 7) is 1.87. The van der Waals surface area contributed by atoms with Gasteiger partial charge in [0.25, 0.3) is 0 Å². The standard InChI is InChI=1S/C15H21F2NO3S/c1-2-22(19,20)18-15-6-4-3-5-11(15)10-21-12-7-8-13(16)14(17)9-12/h7-9,11,15,18H,2-6,10H2,1H3. The molecule has 1 aliphatic rings. The Hall–Kier alpha value is -1.21. The maximum absolute atomic E-state index is 13.1. The van der Waals surface area contributed by atoms with Crippen LogP contribution in [-0.2, 0) is 10.0 Å². The lowest BCUT2D eigenvalue weighted by atomic mass is 9.86. The van der Waals surface area contributed by atoms with Crippen LogP contribution in [0, 0.1) is 17.6 Å². The fourth-order valence-corrected chi connectivity index (χ4v) is 3.58. The van der Waals surface area contributed by atoms with Crippen LogP contribution in [0.5, 0.6) is 5.75 Å². The van der Waals surface area contributed by atoms with Crippen LogP contribution >= 0.6 is 0 Å². The molecule has 4 nitrogen and oxygen atoms in total. The summed E-state index contributed by atoms with van der Waals surface area (Å²) in [6, 6.07) is 3.22. The van der Waals surface area contributed by atoms with Gasteiger partial charge in [0.05, 0.1) is 12.4 Å². The quantitative estimate of drug-likeness (QED) is 0.871. The number of nitrogens with one attached hydrogen (secondary N) is 1. The van der Waals surface area contributed by atoms with Crippen LogP contribution < -0.4 is 9.46 Å². The molecular formula is C15H21F2NO3S. The summed E-state index contributed by atoms with van der Waals surface area (Å²) in [5.41, 5.74) is 0. The molecule has 1 aromatic rings. The van der Waals surface area contributed by atoms with E-state index < -0.39 is 21.7 Å². The van der Waals surface area contributed by atoms with E-state index in [9.17, 15) is 17.2 Å². The van der Waals surface area contributed by atoms with Crippen molar-refractivity contribution in [2.24, 2.45) is 5.92 Å². The average molecular weight is 333 g/mol. The van der Waals surface area contributed by atoms with E-state index in [4.69, 9.17) is 4.74 Å². The highest BCUT2D eigenvalue weighted by atomic mass is 32.2. The van der Waals surface area contributed by atoms with Crippen LogP contribution in [-0.4, -0.2) is 26.8 Å². The second-order valence-electron chi connectivity index (χ2n) is 5.56. The summed E-state index contributed by atoms with van der Waals surface area (Å²) in [5, 5.41) is 0. The van der Waals surface area contributed by atoms with Crippen molar-refractivity contribution in [2.45, 2.75) is 38.6 Å². The Kier molecular flexibility index (Phi) is 5.74. The van der Waals surface area contributed by atoms with Crippen molar-refractivity contribution in [2.75, 3.05) is 12.4 Å². The number of benzene rings is 1. The zero-order chi connectivity index (χ0) is 16.2. The van der Waals surface area contributed by atoms with Crippen LogP contribution in [0.1, 0.15) is 32.6 Å². The normalized spacial score (nSPS) is 22.5. The molecule has 7 heteroatoms. The topological polar surface area (TPSA) is 55.4 Å². The van der Waals surface area contributed by atoms with E-state index in [0.717, 1.165) is 37.8 Å². The summed E-state index contributed by atoms with van der Waals surface area (Å²) in [4.78, 5) is 0. The van der Waals surface area contributed by atoms with Crippen molar-refractivity contribution < 1.29 is 21.9 Å². The summed E-state index contributed by atoms with van der Waals surface area (Å²) in [5.74, 6) is -1.55. The smallest absolute Gasteiger partial charge is 0.211 e. The highest BCUT2D eigenvalue weighted by Crippen LogP contribution is 2.26. The summed E-state index contributed by atoms with van der Waals surface area (Å²) >= 11 is 0. The Bertz CT molecular complexity index is 607. The zero-order valence-electron chi connectivity index (χ0n) is 12.5. The molecule has 0 heterocycles. The van der Waals surface area contributed by atoms with Gasteiger partial charge >= 0.3 is 0 Å². The number of ether oxygens (including phenoxy) is 1. The van der Waals surface area contributed by atoms with E-state index in [1.165, 1.54) is 6.07 Å². The lowest BCUT2D eigenvalue weighted by molar-refractivity contribution is 0.179. The summed E-state index contributed by atoms with van der Waals surface area (Å²) in [7, 11) is -3.26. The molecule has 1 fully saturated rings. The Morgan fingerprint density at radius 2 is 1.95 bits per heavy atom. The predicted octanol–water partition coefficient (Wildman–Crippen LogP) is 2.84. The molecule has 1 aliphatic carbocycles. The van der Waals surface area contributed by atoms with Gasteiger partial charge in [-0.1, -0.05) is 12.8 Å². The van der Waals surface area contributed by atoms with Crippen molar-refractivity contribution in [3.05, 3.63) is 29.8 Å². The summed E-state index contributed by atoms with van der Waals surface area (Å²) in [6.07, 6.45) is 3.60. The first kappa shape index (κ1) is 17.1. The van der Waals surface area contributed by atoms with Crippen molar-refractivity contribution in [3.8, 4) is 5.75 Å². The van der Waals surface area contributed by atoms with Crippen LogP contribution in [0.2, 0.25) is 0 Å². The molecule has 0 aromatic heterocycles. The second-order valence-corrected chi connectivity index (χ2v) is 7.60. The minimum atomic E-state index is -3.26. The van der Waals surface area contributed by atoms with Crippen molar-refractivity contribution >= 4 is 10.0 Å². The van der Waals surface area contributed by atoms with E-state index >= 15 is 0 Å². The predicted molar refractivity (Wildman–Crippen MR) is 80.2 cm³/mol. The molecule has 2 rings (SSSR count). The zero-order valence-corrected chi connectivity index (χ0v) is 13.3. The van der Waals surface area contributed by atoms with E-state index in [1.54, 1.807) is 6.92 Å². The number of hydrogen-bond acceptors (Lipinski definition) is 3. The molecule has 0 bridgehead atoms. The van der Waals surface area contributed by atoms with Gasteiger partial charge in [0.1, 0.15) is 5.75 Å². The first-order valence-corrected chi connectivity index (χ1v) is 9.14. The minimum Gasteiger partial charge on any atom is -0.493 e. The highest BCUT2D eigenvalue weighted by molar-refractivity contribution is 7.89. The maximum atomic E-state index is 13.1. The third-order valence-corrected chi connectivity index (χ3v) is 5.40. The second kappa shape index (κ2) is 7.37. The molecule has 1 aromatic carbocycles. The highest BCUT2D eigenvalue weighted by Gasteiger charge is 2.28. The van der Waals surface area contributed by atoms with Crippen LogP contribution in [0.3, 0.4) is 0 Å². The largest absolute Gasteiger partial charge is 0.493 e. The Morgan fingerprint density at radius 3 is 2.64 bits per heavy atom. The molecule has 0 radical (unpaired) electrons. The molecule has 1 saturated carbocycles. The molecule has 22 heavy (non-hydrogen) atoms. The third kappa shape index (κ3) is 4.64. The Labute approximate surface area is 129 Å². The van der Waals surface area contributed by atoms with Crippen molar-refractivity contribution in [3.63, 3.8) is 0 Å². The molecule has 2 atom stereocenters. The fraction of sp³-hybridized carbons (Fsp3) is 0.600. The molecule has 124 valence electrons. The van der Waals surface area contributed by atoms with Crippen LogP contribution in [0.15, 0.2) is 18.2 Å². The Balaban J connectivity index is 1.97. The average Bonchev–Trinajstić information content (AvgIpc) is 2.49. The molecule has 1 N–H and O–H groups in total. The van der Waals surface area contributed by atoms with E-state index in [-0.39, 0.29) is 30.1 Å². The number of rotatable bonds is 6. The molecule has 0 amide bonds. The molecule has 2 unspecified atom stereocenters. The monoisotopic (exact) mass is 333 g/mol. The van der Waals surface area contributed by atoms with Gasteiger partial charge in [0.2, 0.25) is 10.0 Å². The van der Waals surface area contributed by atoms with Crippen LogP contribution in [0.25, 0.3) is 0 Å². The van der Waals surface area contributed by atoms with E-state index in [0.29, 0.717) is 0 Å². The number of hydrogen-bond donors (Lipinski definition) is 1. The van der Waals surface area contributed by atoms with Gasteiger partial charge in [0, 0.05) is 18.0 Å². The first-order valence-electron chi connectivity index (χ1n) is 7.49. The molecule has 0 spiro atoms. The lowest BCUT2D eigenvalue weighted by Gasteiger charge is -2.31. The summed E-state index contributed by atoms with van der Waals surface area (Å²) < 4.78 is 57.7. The molecular weight excluding hydrogens is 312 g/mol. The first-order chi connectivity index (χ1) is 10.4. The number of halogens is 2. The Morgan fingerprint density at radius 1 is 1.23 bits per heavy atom. The fourth-order valence-electron chi connectivity index (χ4n) is 2.65. The van der Waals surface area contributed by atoms with Crippen molar-refractivity contribution in [1.82, 2.24) is 4.72 Å². The number of sulfonamides is 1. The SMILES string of the molecule is CCS(=O)(=O)NC1CCCCC1COc1ccc(F)c(F)c1. The molecule has 0 aliphatic heterocycles. The van der Waals surface area contributed by atoms with Gasteiger partial charge in [-0.15, -0.1) is 0 Å². The van der Waals surface area contributed by atoms with Crippen molar-refractivity contribution in [1.29, 1.82) is 0 Å². The van der Waals surface area contributed by atoms with E-state index in [1.807, 2.05) is 0 Å². The van der Waals surface area contributed by atoms with Gasteiger partial charge in [-0.2, -0.15) is 0 Å². The lowest BCUT2D eigenvalue weighted by Crippen LogP contribution is -2.44. The van der Waals surface area contributed by atoms with Gasteiger partial charge in [0.15, 0.2) is 11.6 Å². The van der Waals surface area contributed by atoms with Gasteiger partial charge in [-0.3, -0.25) is 0 Å². The van der Waals surface area contributed by atoms with Gasteiger partial charge < -0.3 is 4.74 Å². The van der Waals surface area contributed by atoms with Gasteiger partial charge in [-0.05, 0) is 31.9 Å². The maximum Gasteiger partial charge on any atom is 0.211 e. The minimum absolute atomic E-state index is 0.0307. The molecule has 0 saturated heterocycles. The van der Waals surface area contributed by atoms with Gasteiger partial charge in [-0.25, -0.2) is 21.9 Å². The van der Waals surface area contributed by atoms with Crippen LogP contribution in [0.4, 0.5) is 8.78 Å². The third-order valence-electron chi connectivity index (χ3n) is 3.98.